The summed E-state index contributed by atoms with van der Waals surface area (Å²) < 4.78 is 65.1. The van der Waals surface area contributed by atoms with Crippen LogP contribution < -0.4 is 5.32 Å². The molecule has 0 radical (unpaired) electrons. The predicted molar refractivity (Wildman–Crippen MR) is 96.0 cm³/mol. The fourth-order valence-corrected chi connectivity index (χ4v) is 4.04. The van der Waals surface area contributed by atoms with E-state index in [1.165, 1.54) is 43.3 Å². The van der Waals surface area contributed by atoms with E-state index in [-0.39, 0.29) is 16.5 Å². The Bertz CT molecular complexity index is 933. The fourth-order valence-electron chi connectivity index (χ4n) is 2.33. The minimum atomic E-state index is -4.65. The molecule has 1 N–H and O–H groups in total. The number of sulfonamides is 1. The molecule has 1 amide bonds. The number of carbonyl (C=O) groups excluding carboxylic acids is 1. The first kappa shape index (κ1) is 21.2. The molecule has 146 valence electrons. The Hall–Kier alpha value is -2.10. The number of carbonyl (C=O) groups is 1. The van der Waals surface area contributed by atoms with E-state index >= 15 is 0 Å². The van der Waals surface area contributed by atoms with Gasteiger partial charge in [-0.2, -0.15) is 17.5 Å². The number of hydrogen-bond donors (Lipinski definition) is 1. The molecule has 0 saturated heterocycles. The first-order valence-electron chi connectivity index (χ1n) is 7.77. The summed E-state index contributed by atoms with van der Waals surface area (Å²) in [5.74, 6) is -0.890. The Morgan fingerprint density at radius 3 is 2.41 bits per heavy atom. The molecule has 0 heterocycles. The van der Waals surface area contributed by atoms with Gasteiger partial charge < -0.3 is 5.32 Å². The molecular weight excluding hydrogens is 405 g/mol. The summed E-state index contributed by atoms with van der Waals surface area (Å²) in [6.45, 7) is 0.819. The van der Waals surface area contributed by atoms with Gasteiger partial charge in [0, 0.05) is 11.6 Å². The molecule has 0 unspecified atom stereocenters. The van der Waals surface area contributed by atoms with Gasteiger partial charge in [-0.3, -0.25) is 4.79 Å². The van der Waals surface area contributed by atoms with Gasteiger partial charge in [0.15, 0.2) is 0 Å². The highest BCUT2D eigenvalue weighted by Crippen LogP contribution is 2.34. The largest absolute Gasteiger partial charge is 0.418 e. The van der Waals surface area contributed by atoms with Crippen LogP contribution in [0.5, 0.6) is 0 Å². The SMILES string of the molecule is CCN(CC(=O)Nc1ccccc1C(F)(F)F)S(=O)(=O)c1cccc(Cl)c1. The average molecular weight is 421 g/mol. The Morgan fingerprint density at radius 2 is 1.81 bits per heavy atom. The van der Waals surface area contributed by atoms with Crippen LogP contribution in [-0.4, -0.2) is 31.7 Å². The van der Waals surface area contributed by atoms with Crippen LogP contribution in [0.1, 0.15) is 12.5 Å². The molecule has 5 nitrogen and oxygen atoms in total. The van der Waals surface area contributed by atoms with Gasteiger partial charge in [-0.1, -0.05) is 36.7 Å². The highest BCUT2D eigenvalue weighted by atomic mass is 35.5. The lowest BCUT2D eigenvalue weighted by molar-refractivity contribution is -0.137. The van der Waals surface area contributed by atoms with Crippen molar-refractivity contribution in [3.05, 3.63) is 59.1 Å². The Morgan fingerprint density at radius 1 is 1.15 bits per heavy atom. The summed E-state index contributed by atoms with van der Waals surface area (Å²) in [7, 11) is -4.03. The third-order valence-electron chi connectivity index (χ3n) is 3.61. The molecule has 2 aromatic rings. The van der Waals surface area contributed by atoms with Crippen molar-refractivity contribution in [2.45, 2.75) is 18.0 Å². The smallest absolute Gasteiger partial charge is 0.324 e. The monoisotopic (exact) mass is 420 g/mol. The first-order valence-corrected chi connectivity index (χ1v) is 9.59. The summed E-state index contributed by atoms with van der Waals surface area (Å²) in [6.07, 6.45) is -4.65. The molecule has 0 bridgehead atoms. The zero-order valence-electron chi connectivity index (χ0n) is 14.1. The number of para-hydroxylation sites is 1. The first-order chi connectivity index (χ1) is 12.6. The lowest BCUT2D eigenvalue weighted by Gasteiger charge is -2.21. The molecule has 0 aromatic heterocycles. The van der Waals surface area contributed by atoms with Crippen LogP contribution in [-0.2, 0) is 21.0 Å². The number of alkyl halides is 3. The van der Waals surface area contributed by atoms with Crippen molar-refractivity contribution < 1.29 is 26.4 Å². The molecule has 2 aromatic carbocycles. The van der Waals surface area contributed by atoms with E-state index in [9.17, 15) is 26.4 Å². The topological polar surface area (TPSA) is 66.5 Å². The molecule has 0 aliphatic heterocycles. The molecule has 0 atom stereocenters. The second-order valence-corrected chi connectivity index (χ2v) is 7.85. The van der Waals surface area contributed by atoms with Gasteiger partial charge in [0.2, 0.25) is 15.9 Å². The zero-order valence-corrected chi connectivity index (χ0v) is 15.7. The maximum Gasteiger partial charge on any atom is 0.418 e. The number of halogens is 4. The number of rotatable bonds is 6. The third-order valence-corrected chi connectivity index (χ3v) is 5.76. The number of anilines is 1. The highest BCUT2D eigenvalue weighted by Gasteiger charge is 2.34. The lowest BCUT2D eigenvalue weighted by atomic mass is 10.1. The summed E-state index contributed by atoms with van der Waals surface area (Å²) in [5.41, 5.74) is -1.45. The lowest BCUT2D eigenvalue weighted by Crippen LogP contribution is -2.38. The van der Waals surface area contributed by atoms with E-state index in [4.69, 9.17) is 11.6 Å². The number of likely N-dealkylation sites (N-methyl/N-ethyl adjacent to an activating group) is 1. The van der Waals surface area contributed by atoms with Crippen molar-refractivity contribution in [3.8, 4) is 0 Å². The molecule has 0 spiro atoms. The molecule has 2 rings (SSSR count). The van der Waals surface area contributed by atoms with Crippen molar-refractivity contribution in [3.63, 3.8) is 0 Å². The van der Waals surface area contributed by atoms with Gasteiger partial charge in [-0.15, -0.1) is 0 Å². The zero-order chi connectivity index (χ0) is 20.2. The summed E-state index contributed by atoms with van der Waals surface area (Å²) >= 11 is 5.80. The second-order valence-electron chi connectivity index (χ2n) is 5.48. The van der Waals surface area contributed by atoms with E-state index < -0.39 is 39.9 Å². The highest BCUT2D eigenvalue weighted by molar-refractivity contribution is 7.89. The molecular formula is C17H16ClF3N2O3S. The van der Waals surface area contributed by atoms with Crippen LogP contribution in [0.2, 0.25) is 5.02 Å². The van der Waals surface area contributed by atoms with Gasteiger partial charge in [0.05, 0.1) is 22.7 Å². The maximum atomic E-state index is 13.0. The summed E-state index contributed by atoms with van der Waals surface area (Å²) in [4.78, 5) is 12.1. The summed E-state index contributed by atoms with van der Waals surface area (Å²) in [5, 5.41) is 2.33. The van der Waals surface area contributed by atoms with Gasteiger partial charge >= 0.3 is 6.18 Å². The summed E-state index contributed by atoms with van der Waals surface area (Å²) in [6, 6.07) is 9.96. The Kier molecular flexibility index (Phi) is 6.50. The van der Waals surface area contributed by atoms with Crippen molar-refractivity contribution in [2.75, 3.05) is 18.4 Å². The predicted octanol–water partition coefficient (Wildman–Crippen LogP) is 4.01. The maximum absolute atomic E-state index is 13.0. The van der Waals surface area contributed by atoms with E-state index in [0.717, 1.165) is 16.4 Å². The number of hydrogen-bond acceptors (Lipinski definition) is 3. The number of amides is 1. The number of benzene rings is 2. The van der Waals surface area contributed by atoms with Crippen LogP contribution in [0, 0.1) is 0 Å². The van der Waals surface area contributed by atoms with E-state index in [1.54, 1.807) is 0 Å². The van der Waals surface area contributed by atoms with Crippen LogP contribution in [0.25, 0.3) is 0 Å². The Labute approximate surface area is 159 Å². The van der Waals surface area contributed by atoms with Crippen molar-refractivity contribution in [1.29, 1.82) is 0 Å². The number of nitrogens with one attached hydrogen (secondary N) is 1. The van der Waals surface area contributed by atoms with Crippen LogP contribution >= 0.6 is 11.6 Å². The van der Waals surface area contributed by atoms with Gasteiger partial charge in [-0.25, -0.2) is 8.42 Å². The van der Waals surface area contributed by atoms with Crippen LogP contribution in [0.3, 0.4) is 0 Å². The van der Waals surface area contributed by atoms with Gasteiger partial charge in [0.1, 0.15) is 0 Å². The normalized spacial score (nSPS) is 12.2. The van der Waals surface area contributed by atoms with Crippen molar-refractivity contribution in [2.24, 2.45) is 0 Å². The molecule has 27 heavy (non-hydrogen) atoms. The van der Waals surface area contributed by atoms with Crippen molar-refractivity contribution in [1.82, 2.24) is 4.31 Å². The van der Waals surface area contributed by atoms with E-state index in [0.29, 0.717) is 0 Å². The standard InChI is InChI=1S/C17H16ClF3N2O3S/c1-2-23(27(25,26)13-7-5-6-12(18)10-13)11-16(24)22-15-9-4-3-8-14(15)17(19,20)21/h3-10H,2,11H2,1H3,(H,22,24). The minimum Gasteiger partial charge on any atom is -0.324 e. The third kappa shape index (κ3) is 5.21. The van der Waals surface area contributed by atoms with Crippen LogP contribution in [0.15, 0.2) is 53.4 Å². The molecule has 0 saturated carbocycles. The quantitative estimate of drug-likeness (QED) is 0.767. The van der Waals surface area contributed by atoms with Crippen molar-refractivity contribution >= 4 is 33.2 Å². The van der Waals surface area contributed by atoms with Gasteiger partial charge in [0.25, 0.3) is 0 Å². The molecule has 0 aliphatic rings. The second kappa shape index (κ2) is 8.28. The number of nitrogens with zero attached hydrogens (tertiary/aromatic N) is 1. The van der Waals surface area contributed by atoms with Gasteiger partial charge in [-0.05, 0) is 30.3 Å². The fraction of sp³-hybridized carbons (Fsp3) is 0.235. The average Bonchev–Trinajstić information content (AvgIpc) is 2.59. The molecule has 10 heteroatoms. The molecule has 0 aliphatic carbocycles. The Balaban J connectivity index is 2.21. The minimum absolute atomic E-state index is 0.0524. The van der Waals surface area contributed by atoms with E-state index in [1.807, 2.05) is 0 Å². The van der Waals surface area contributed by atoms with E-state index in [2.05, 4.69) is 5.32 Å². The molecule has 0 fully saturated rings. The van der Waals surface area contributed by atoms with Crippen LogP contribution in [0.4, 0.5) is 18.9 Å².